The van der Waals surface area contributed by atoms with Gasteiger partial charge in [-0.25, -0.2) is 4.39 Å². The van der Waals surface area contributed by atoms with Gasteiger partial charge in [0.25, 0.3) is 11.8 Å². The number of carbonyl (C=O) groups is 2. The molecule has 3 aromatic carbocycles. The largest absolute Gasteiger partial charge is 0.347 e. The second kappa shape index (κ2) is 9.28. The van der Waals surface area contributed by atoms with Crippen LogP contribution < -0.4 is 10.6 Å². The quantitative estimate of drug-likeness (QED) is 0.643. The fourth-order valence-corrected chi connectivity index (χ4v) is 2.56. The van der Waals surface area contributed by atoms with Gasteiger partial charge in [0.15, 0.2) is 0 Å². The topological polar surface area (TPSA) is 58.2 Å². The van der Waals surface area contributed by atoms with Crippen LogP contribution in [0.4, 0.5) is 4.39 Å². The van der Waals surface area contributed by atoms with E-state index in [0.29, 0.717) is 5.56 Å². The van der Waals surface area contributed by atoms with E-state index in [1.165, 1.54) is 18.2 Å². The van der Waals surface area contributed by atoms with Gasteiger partial charge in [0, 0.05) is 17.7 Å². The van der Waals surface area contributed by atoms with E-state index >= 15 is 0 Å². The molecule has 0 unspecified atom stereocenters. The van der Waals surface area contributed by atoms with Gasteiger partial charge in [-0.2, -0.15) is 0 Å². The number of benzene rings is 3. The van der Waals surface area contributed by atoms with Crippen molar-refractivity contribution in [2.45, 2.75) is 6.54 Å². The van der Waals surface area contributed by atoms with Gasteiger partial charge in [-0.15, -0.1) is 0 Å². The van der Waals surface area contributed by atoms with Crippen molar-refractivity contribution in [3.8, 4) is 0 Å². The van der Waals surface area contributed by atoms with Crippen LogP contribution in [0.1, 0.15) is 21.5 Å². The van der Waals surface area contributed by atoms with Crippen LogP contribution >= 0.6 is 0 Å². The van der Waals surface area contributed by atoms with E-state index in [4.69, 9.17) is 0 Å². The molecule has 0 saturated heterocycles. The van der Waals surface area contributed by atoms with Crippen molar-refractivity contribution in [1.29, 1.82) is 0 Å². The van der Waals surface area contributed by atoms with Crippen molar-refractivity contribution < 1.29 is 14.0 Å². The minimum absolute atomic E-state index is 0.0325. The van der Waals surface area contributed by atoms with E-state index in [1.54, 1.807) is 42.5 Å². The lowest BCUT2D eigenvalue weighted by atomic mass is 10.1. The summed E-state index contributed by atoms with van der Waals surface area (Å²) in [6.07, 6.45) is 1.33. The van der Waals surface area contributed by atoms with Gasteiger partial charge < -0.3 is 10.6 Å². The van der Waals surface area contributed by atoms with Crippen molar-refractivity contribution in [3.63, 3.8) is 0 Å². The SMILES string of the molecule is O=C(NCc1ccccc1)C(=Cc1ccccc1F)NC(=O)c1ccccc1. The fraction of sp³-hybridized carbons (Fsp3) is 0.0435. The summed E-state index contributed by atoms with van der Waals surface area (Å²) in [5, 5.41) is 5.34. The Morgan fingerprint density at radius 2 is 1.43 bits per heavy atom. The molecule has 0 saturated carbocycles. The maximum absolute atomic E-state index is 14.0. The summed E-state index contributed by atoms with van der Waals surface area (Å²) in [4.78, 5) is 25.2. The maximum Gasteiger partial charge on any atom is 0.268 e. The molecule has 2 N–H and O–H groups in total. The molecule has 2 amide bonds. The third kappa shape index (κ3) is 5.14. The van der Waals surface area contributed by atoms with Crippen LogP contribution in [0.25, 0.3) is 6.08 Å². The van der Waals surface area contributed by atoms with Crippen molar-refractivity contribution in [2.75, 3.05) is 0 Å². The minimum atomic E-state index is -0.503. The van der Waals surface area contributed by atoms with Crippen LogP contribution in [0.15, 0.2) is 90.6 Å². The second-order valence-electron chi connectivity index (χ2n) is 6.07. The zero-order valence-corrected chi connectivity index (χ0v) is 15.1. The molecular formula is C23H19FN2O2. The molecule has 140 valence electrons. The number of amides is 2. The number of hydrogen-bond donors (Lipinski definition) is 2. The minimum Gasteiger partial charge on any atom is -0.347 e. The standard InChI is InChI=1S/C23H19FN2O2/c24-20-14-8-7-13-19(20)15-21(26-22(27)18-11-5-2-6-12-18)23(28)25-16-17-9-3-1-4-10-17/h1-15H,16H2,(H,25,28)(H,26,27). The van der Waals surface area contributed by atoms with Gasteiger partial charge in [-0.05, 0) is 29.8 Å². The Labute approximate surface area is 162 Å². The smallest absolute Gasteiger partial charge is 0.268 e. The van der Waals surface area contributed by atoms with Crippen LogP contribution in [0.2, 0.25) is 0 Å². The molecule has 0 aliphatic rings. The first kappa shape index (κ1) is 19.0. The molecule has 0 spiro atoms. The predicted octanol–water partition coefficient (Wildman–Crippen LogP) is 3.91. The molecule has 0 aromatic heterocycles. The van der Waals surface area contributed by atoms with Crippen LogP contribution in [0.3, 0.4) is 0 Å². The summed E-state index contributed by atoms with van der Waals surface area (Å²) in [6.45, 7) is 0.287. The molecule has 0 atom stereocenters. The lowest BCUT2D eigenvalue weighted by molar-refractivity contribution is -0.117. The zero-order valence-electron chi connectivity index (χ0n) is 15.1. The highest BCUT2D eigenvalue weighted by Crippen LogP contribution is 2.12. The van der Waals surface area contributed by atoms with E-state index in [2.05, 4.69) is 10.6 Å². The highest BCUT2D eigenvalue weighted by Gasteiger charge is 2.15. The van der Waals surface area contributed by atoms with E-state index in [0.717, 1.165) is 5.56 Å². The van der Waals surface area contributed by atoms with Crippen LogP contribution in [0.5, 0.6) is 0 Å². The van der Waals surface area contributed by atoms with Crippen molar-refractivity contribution >= 4 is 17.9 Å². The summed E-state index contributed by atoms with van der Waals surface area (Å²) >= 11 is 0. The number of rotatable bonds is 6. The van der Waals surface area contributed by atoms with Crippen molar-refractivity contribution in [3.05, 3.63) is 113 Å². The molecule has 0 aliphatic carbocycles. The highest BCUT2D eigenvalue weighted by atomic mass is 19.1. The Balaban J connectivity index is 1.82. The maximum atomic E-state index is 14.0. The Kier molecular flexibility index (Phi) is 6.31. The zero-order chi connectivity index (χ0) is 19.8. The molecule has 0 heterocycles. The molecule has 0 aliphatic heterocycles. The van der Waals surface area contributed by atoms with Gasteiger partial charge in [0.05, 0.1) is 0 Å². The summed E-state index contributed by atoms with van der Waals surface area (Å²) in [6, 6.07) is 24.0. The van der Waals surface area contributed by atoms with Crippen molar-refractivity contribution in [2.24, 2.45) is 0 Å². The molecule has 0 fully saturated rings. The van der Waals surface area contributed by atoms with Crippen LogP contribution in [-0.2, 0) is 11.3 Å². The van der Waals surface area contributed by atoms with Gasteiger partial charge in [0.1, 0.15) is 11.5 Å². The Hall–Kier alpha value is -3.73. The number of nitrogens with one attached hydrogen (secondary N) is 2. The molecule has 4 nitrogen and oxygen atoms in total. The van der Waals surface area contributed by atoms with Crippen molar-refractivity contribution in [1.82, 2.24) is 10.6 Å². The van der Waals surface area contributed by atoms with E-state index in [-0.39, 0.29) is 17.8 Å². The first-order valence-corrected chi connectivity index (χ1v) is 8.78. The summed E-state index contributed by atoms with van der Waals surface area (Å²) < 4.78 is 14.0. The van der Waals surface area contributed by atoms with Gasteiger partial charge in [0.2, 0.25) is 0 Å². The lowest BCUT2D eigenvalue weighted by Gasteiger charge is -2.11. The molecular weight excluding hydrogens is 355 g/mol. The number of carbonyl (C=O) groups excluding carboxylic acids is 2. The van der Waals surface area contributed by atoms with Gasteiger partial charge >= 0.3 is 0 Å². The predicted molar refractivity (Wildman–Crippen MR) is 107 cm³/mol. The molecule has 28 heavy (non-hydrogen) atoms. The first-order chi connectivity index (χ1) is 13.6. The third-order valence-corrected chi connectivity index (χ3v) is 4.03. The summed E-state index contributed by atoms with van der Waals surface area (Å²) in [5.74, 6) is -1.43. The van der Waals surface area contributed by atoms with Gasteiger partial charge in [-0.1, -0.05) is 66.7 Å². The Morgan fingerprint density at radius 3 is 2.11 bits per heavy atom. The van der Waals surface area contributed by atoms with Crippen LogP contribution in [0, 0.1) is 5.82 Å². The summed E-state index contributed by atoms with van der Waals surface area (Å²) in [5.41, 5.74) is 1.49. The second-order valence-corrected chi connectivity index (χ2v) is 6.07. The monoisotopic (exact) mass is 374 g/mol. The highest BCUT2D eigenvalue weighted by molar-refractivity contribution is 6.05. The van der Waals surface area contributed by atoms with E-state index in [1.807, 2.05) is 30.3 Å². The average Bonchev–Trinajstić information content (AvgIpc) is 2.74. The Bertz CT molecular complexity index is 986. The molecule has 3 rings (SSSR count). The molecule has 0 radical (unpaired) electrons. The fourth-order valence-electron chi connectivity index (χ4n) is 2.56. The van der Waals surface area contributed by atoms with Crippen LogP contribution in [-0.4, -0.2) is 11.8 Å². The molecule has 5 heteroatoms. The van der Waals surface area contributed by atoms with Gasteiger partial charge in [-0.3, -0.25) is 9.59 Å². The number of halogens is 1. The number of hydrogen-bond acceptors (Lipinski definition) is 2. The molecule has 3 aromatic rings. The summed E-state index contributed by atoms with van der Waals surface area (Å²) in [7, 11) is 0. The van der Waals surface area contributed by atoms with E-state index < -0.39 is 17.6 Å². The lowest BCUT2D eigenvalue weighted by Crippen LogP contribution is -2.34. The first-order valence-electron chi connectivity index (χ1n) is 8.78. The third-order valence-electron chi connectivity index (χ3n) is 4.03. The normalized spacial score (nSPS) is 11.0. The van der Waals surface area contributed by atoms with E-state index in [9.17, 15) is 14.0 Å². The molecule has 0 bridgehead atoms. The average molecular weight is 374 g/mol. The Morgan fingerprint density at radius 1 is 0.821 bits per heavy atom.